The van der Waals surface area contributed by atoms with E-state index in [2.05, 4.69) is 16.0 Å². The Bertz CT molecular complexity index is 550. The molecule has 0 fully saturated rings. The third kappa shape index (κ3) is 3.76. The molecule has 3 heteroatoms. The second-order valence-corrected chi connectivity index (χ2v) is 4.94. The van der Waals surface area contributed by atoms with Gasteiger partial charge in [-0.25, -0.2) is 0 Å². The van der Waals surface area contributed by atoms with Gasteiger partial charge in [0.1, 0.15) is 6.10 Å². The van der Waals surface area contributed by atoms with E-state index in [-0.39, 0.29) is 0 Å². The third-order valence-corrected chi connectivity index (χ3v) is 3.05. The number of aliphatic hydroxyl groups is 1. The molecule has 3 nitrogen and oxygen atoms in total. The summed E-state index contributed by atoms with van der Waals surface area (Å²) in [6, 6.07) is 15.5. The number of nitrogens with zero attached hydrogens (tertiary/aromatic N) is 2. The van der Waals surface area contributed by atoms with Crippen molar-refractivity contribution in [2.75, 3.05) is 20.6 Å². The maximum absolute atomic E-state index is 10.6. The summed E-state index contributed by atoms with van der Waals surface area (Å²) >= 11 is 0. The zero-order valence-electron chi connectivity index (χ0n) is 11.9. The lowest BCUT2D eigenvalue weighted by molar-refractivity contribution is 0.232. The molecule has 1 aromatic heterocycles. The van der Waals surface area contributed by atoms with Crippen molar-refractivity contribution in [1.82, 2.24) is 9.88 Å². The monoisotopic (exact) mass is 268 g/mol. The molecule has 2 rings (SSSR count). The van der Waals surface area contributed by atoms with Crippen LogP contribution in [0.3, 0.4) is 0 Å². The quantitative estimate of drug-likeness (QED) is 0.906. The van der Waals surface area contributed by atoms with Gasteiger partial charge in [0.2, 0.25) is 0 Å². The highest BCUT2D eigenvalue weighted by atomic mass is 16.3. The van der Waals surface area contributed by atoms with Gasteiger partial charge in [-0.1, -0.05) is 42.5 Å². The zero-order chi connectivity index (χ0) is 14.4. The van der Waals surface area contributed by atoms with Crippen LogP contribution in [0.4, 0.5) is 0 Å². The molecule has 0 aliphatic rings. The molecule has 0 radical (unpaired) electrons. The van der Waals surface area contributed by atoms with Gasteiger partial charge < -0.3 is 10.0 Å². The van der Waals surface area contributed by atoms with Gasteiger partial charge in [-0.05, 0) is 37.4 Å². The Morgan fingerprint density at radius 3 is 2.45 bits per heavy atom. The number of aliphatic hydroxyl groups excluding tert-OH is 1. The Balaban J connectivity index is 2.34. The van der Waals surface area contributed by atoms with E-state index >= 15 is 0 Å². The topological polar surface area (TPSA) is 36.4 Å². The Morgan fingerprint density at radius 1 is 1.15 bits per heavy atom. The molecule has 1 aromatic carbocycles. The Labute approximate surface area is 120 Å². The molecule has 1 atom stereocenters. The summed E-state index contributed by atoms with van der Waals surface area (Å²) in [5.74, 6) is 0. The molecule has 0 aliphatic carbocycles. The van der Waals surface area contributed by atoms with Crippen LogP contribution in [0, 0.1) is 0 Å². The molecule has 104 valence electrons. The highest BCUT2D eigenvalue weighted by molar-refractivity contribution is 5.69. The van der Waals surface area contributed by atoms with E-state index in [1.165, 1.54) is 0 Å². The van der Waals surface area contributed by atoms with E-state index in [4.69, 9.17) is 0 Å². The van der Waals surface area contributed by atoms with Gasteiger partial charge in [-0.2, -0.15) is 0 Å². The average Bonchev–Trinajstić information content (AvgIpc) is 2.49. The van der Waals surface area contributed by atoms with E-state index in [1.807, 2.05) is 62.6 Å². The predicted molar refractivity (Wildman–Crippen MR) is 82.2 cm³/mol. The van der Waals surface area contributed by atoms with Crippen LogP contribution in [0.25, 0.3) is 5.57 Å². The van der Waals surface area contributed by atoms with Crippen LogP contribution in [-0.2, 0) is 0 Å². The van der Waals surface area contributed by atoms with Crippen LogP contribution < -0.4 is 0 Å². The fourth-order valence-corrected chi connectivity index (χ4v) is 2.00. The fraction of sp³-hybridized carbons (Fsp3) is 0.235. The van der Waals surface area contributed by atoms with Crippen molar-refractivity contribution < 1.29 is 5.11 Å². The number of hydrogen-bond acceptors (Lipinski definition) is 3. The van der Waals surface area contributed by atoms with Crippen molar-refractivity contribution in [3.63, 3.8) is 0 Å². The molecule has 1 N–H and O–H groups in total. The van der Waals surface area contributed by atoms with Crippen LogP contribution in [0.15, 0.2) is 60.8 Å². The van der Waals surface area contributed by atoms with Gasteiger partial charge >= 0.3 is 0 Å². The molecule has 0 saturated heterocycles. The number of rotatable bonds is 5. The van der Waals surface area contributed by atoms with E-state index in [0.29, 0.717) is 5.69 Å². The third-order valence-electron chi connectivity index (χ3n) is 3.05. The van der Waals surface area contributed by atoms with Crippen molar-refractivity contribution in [2.24, 2.45) is 0 Å². The average molecular weight is 268 g/mol. The minimum absolute atomic E-state index is 0.668. The zero-order valence-corrected chi connectivity index (χ0v) is 11.9. The minimum Gasteiger partial charge on any atom is -0.382 e. The number of likely N-dealkylation sites (N-methyl/N-ethyl adjacent to an activating group) is 1. The normalized spacial score (nSPS) is 13.5. The lowest BCUT2D eigenvalue weighted by Crippen LogP contribution is -2.12. The molecule has 20 heavy (non-hydrogen) atoms. The molecule has 0 aliphatic heterocycles. The van der Waals surface area contributed by atoms with Gasteiger partial charge in [0, 0.05) is 12.7 Å². The van der Waals surface area contributed by atoms with Crippen molar-refractivity contribution >= 4 is 5.57 Å². The van der Waals surface area contributed by atoms with Crippen molar-refractivity contribution in [2.45, 2.75) is 6.10 Å². The number of benzene rings is 1. The van der Waals surface area contributed by atoms with Crippen LogP contribution in [0.5, 0.6) is 0 Å². The standard InChI is InChI=1S/C17H20N2O/c1-19(2)13-11-15(14-8-4-3-5-9-14)17(20)16-10-6-7-12-18-16/h3-12,17,20H,13H2,1-2H3/b15-11+. The van der Waals surface area contributed by atoms with E-state index in [0.717, 1.165) is 17.7 Å². The molecular weight excluding hydrogens is 248 g/mol. The lowest BCUT2D eigenvalue weighted by Gasteiger charge is -2.16. The van der Waals surface area contributed by atoms with E-state index in [9.17, 15) is 5.11 Å². The number of aromatic nitrogens is 1. The predicted octanol–water partition coefficient (Wildman–Crippen LogP) is 2.76. The molecule has 0 amide bonds. The lowest BCUT2D eigenvalue weighted by atomic mass is 9.97. The summed E-state index contributed by atoms with van der Waals surface area (Å²) in [7, 11) is 4.01. The van der Waals surface area contributed by atoms with Gasteiger partial charge in [-0.3, -0.25) is 4.98 Å². The smallest absolute Gasteiger partial charge is 0.121 e. The second kappa shape index (κ2) is 6.98. The van der Waals surface area contributed by atoms with Crippen molar-refractivity contribution in [3.05, 3.63) is 72.1 Å². The molecule has 0 spiro atoms. The summed E-state index contributed by atoms with van der Waals surface area (Å²) in [6.45, 7) is 0.772. The van der Waals surface area contributed by atoms with Gasteiger partial charge in [0.05, 0.1) is 5.69 Å². The van der Waals surface area contributed by atoms with Crippen molar-refractivity contribution in [1.29, 1.82) is 0 Å². The van der Waals surface area contributed by atoms with Crippen LogP contribution >= 0.6 is 0 Å². The molecular formula is C17H20N2O. The first-order chi connectivity index (χ1) is 9.68. The van der Waals surface area contributed by atoms with Crippen LogP contribution in [0.2, 0.25) is 0 Å². The molecule has 1 unspecified atom stereocenters. The van der Waals surface area contributed by atoms with E-state index < -0.39 is 6.10 Å². The van der Waals surface area contributed by atoms with Gasteiger partial charge in [0.25, 0.3) is 0 Å². The Kier molecular flexibility index (Phi) is 5.04. The maximum atomic E-state index is 10.6. The first-order valence-corrected chi connectivity index (χ1v) is 6.67. The molecule has 0 bridgehead atoms. The fourth-order valence-electron chi connectivity index (χ4n) is 2.00. The highest BCUT2D eigenvalue weighted by Crippen LogP contribution is 2.28. The summed E-state index contributed by atoms with van der Waals surface area (Å²) < 4.78 is 0. The molecule has 1 heterocycles. The molecule has 2 aromatic rings. The van der Waals surface area contributed by atoms with Crippen molar-refractivity contribution in [3.8, 4) is 0 Å². The van der Waals surface area contributed by atoms with Gasteiger partial charge in [0.15, 0.2) is 0 Å². The number of pyridine rings is 1. The van der Waals surface area contributed by atoms with E-state index in [1.54, 1.807) is 6.20 Å². The minimum atomic E-state index is -0.710. The summed E-state index contributed by atoms with van der Waals surface area (Å²) in [5, 5.41) is 10.6. The summed E-state index contributed by atoms with van der Waals surface area (Å²) in [5.41, 5.74) is 2.58. The van der Waals surface area contributed by atoms with Crippen LogP contribution in [-0.4, -0.2) is 35.6 Å². The molecule has 0 saturated carbocycles. The van der Waals surface area contributed by atoms with Gasteiger partial charge in [-0.15, -0.1) is 0 Å². The number of hydrogen-bond donors (Lipinski definition) is 1. The largest absolute Gasteiger partial charge is 0.382 e. The Morgan fingerprint density at radius 2 is 1.85 bits per heavy atom. The first-order valence-electron chi connectivity index (χ1n) is 6.67. The summed E-state index contributed by atoms with van der Waals surface area (Å²) in [6.07, 6.45) is 3.04. The maximum Gasteiger partial charge on any atom is 0.121 e. The second-order valence-electron chi connectivity index (χ2n) is 4.94. The summed E-state index contributed by atoms with van der Waals surface area (Å²) in [4.78, 5) is 6.31. The SMILES string of the molecule is CN(C)C/C=C(\c1ccccc1)C(O)c1ccccn1. The first kappa shape index (κ1) is 14.4. The van der Waals surface area contributed by atoms with Crippen LogP contribution in [0.1, 0.15) is 17.4 Å². The Hall–Kier alpha value is -1.97. The highest BCUT2D eigenvalue weighted by Gasteiger charge is 2.15.